The molecule has 1 aromatic rings. The Morgan fingerprint density at radius 3 is 2.68 bits per heavy atom. The van der Waals surface area contributed by atoms with Crippen LogP contribution < -0.4 is 4.74 Å². The van der Waals surface area contributed by atoms with E-state index in [4.69, 9.17) is 4.74 Å². The van der Waals surface area contributed by atoms with Gasteiger partial charge in [0.1, 0.15) is 11.6 Å². The lowest BCUT2D eigenvalue weighted by molar-refractivity contribution is -0.141. The highest BCUT2D eigenvalue weighted by Crippen LogP contribution is 2.19. The number of hydrogen-bond acceptors (Lipinski definition) is 2. The van der Waals surface area contributed by atoms with Crippen molar-refractivity contribution in [3.8, 4) is 5.75 Å². The van der Waals surface area contributed by atoms with Crippen LogP contribution >= 0.6 is 0 Å². The highest BCUT2D eigenvalue weighted by Gasteiger charge is 2.27. The van der Waals surface area contributed by atoms with Gasteiger partial charge in [0.25, 0.3) is 5.91 Å². The molecule has 1 saturated heterocycles. The van der Waals surface area contributed by atoms with Crippen molar-refractivity contribution in [1.29, 1.82) is 0 Å². The van der Waals surface area contributed by atoms with Gasteiger partial charge in [-0.05, 0) is 57.4 Å². The van der Waals surface area contributed by atoms with Gasteiger partial charge < -0.3 is 9.64 Å². The molecule has 3 nitrogen and oxygen atoms in total. The molecule has 4 heteroatoms. The zero-order chi connectivity index (χ0) is 13.8. The molecule has 0 saturated carbocycles. The van der Waals surface area contributed by atoms with Gasteiger partial charge in [-0.3, -0.25) is 4.79 Å². The second kappa shape index (κ2) is 6.04. The number of rotatable bonds is 3. The van der Waals surface area contributed by atoms with E-state index in [0.717, 1.165) is 19.4 Å². The van der Waals surface area contributed by atoms with E-state index in [1.807, 2.05) is 4.90 Å². The van der Waals surface area contributed by atoms with Crippen molar-refractivity contribution in [3.63, 3.8) is 0 Å². The van der Waals surface area contributed by atoms with Gasteiger partial charge in [0.05, 0.1) is 0 Å². The molecule has 0 aliphatic carbocycles. The molecule has 1 aliphatic rings. The lowest BCUT2D eigenvalue weighted by Gasteiger charge is -2.35. The molecule has 0 bridgehead atoms. The Balaban J connectivity index is 1.96. The van der Waals surface area contributed by atoms with Crippen LogP contribution in [0.1, 0.15) is 33.1 Å². The number of amides is 1. The summed E-state index contributed by atoms with van der Waals surface area (Å²) < 4.78 is 18.4. The zero-order valence-corrected chi connectivity index (χ0v) is 11.4. The van der Waals surface area contributed by atoms with Crippen LogP contribution in [0, 0.1) is 5.82 Å². The molecule has 0 unspecified atom stereocenters. The summed E-state index contributed by atoms with van der Waals surface area (Å²) in [7, 11) is 0. The fourth-order valence-corrected chi connectivity index (χ4v) is 2.43. The molecule has 19 heavy (non-hydrogen) atoms. The van der Waals surface area contributed by atoms with Crippen LogP contribution in [0.2, 0.25) is 0 Å². The highest BCUT2D eigenvalue weighted by atomic mass is 19.1. The fourth-order valence-electron chi connectivity index (χ4n) is 2.43. The van der Waals surface area contributed by atoms with Gasteiger partial charge in [-0.2, -0.15) is 0 Å². The lowest BCUT2D eigenvalue weighted by Crippen LogP contribution is -2.47. The van der Waals surface area contributed by atoms with E-state index in [0.29, 0.717) is 5.75 Å². The van der Waals surface area contributed by atoms with E-state index in [2.05, 4.69) is 6.92 Å². The largest absolute Gasteiger partial charge is 0.481 e. The van der Waals surface area contributed by atoms with Crippen molar-refractivity contribution in [2.45, 2.75) is 45.3 Å². The minimum absolute atomic E-state index is 0.0107. The Kier molecular flexibility index (Phi) is 4.40. The van der Waals surface area contributed by atoms with Crippen LogP contribution in [0.5, 0.6) is 5.75 Å². The quantitative estimate of drug-likeness (QED) is 0.841. The number of carbonyl (C=O) groups is 1. The second-order valence-corrected chi connectivity index (χ2v) is 5.09. The maximum absolute atomic E-state index is 12.8. The number of hydrogen-bond donors (Lipinski definition) is 0. The molecular weight excluding hydrogens is 245 g/mol. The fraction of sp³-hybridized carbons (Fsp3) is 0.533. The Morgan fingerprint density at radius 1 is 1.37 bits per heavy atom. The smallest absolute Gasteiger partial charge is 0.263 e. The van der Waals surface area contributed by atoms with Crippen molar-refractivity contribution >= 4 is 5.91 Å². The van der Waals surface area contributed by atoms with Crippen molar-refractivity contribution in [2.75, 3.05) is 6.54 Å². The van der Waals surface area contributed by atoms with Crippen molar-refractivity contribution in [1.82, 2.24) is 4.90 Å². The van der Waals surface area contributed by atoms with Crippen LogP contribution in [0.4, 0.5) is 4.39 Å². The SMILES string of the molecule is C[C@@H]1CCCCN1C(=O)[C@@H](C)Oc1ccc(F)cc1. The van der Waals surface area contributed by atoms with Gasteiger partial charge in [-0.15, -0.1) is 0 Å². The molecule has 1 heterocycles. The summed E-state index contributed by atoms with van der Waals surface area (Å²) in [4.78, 5) is 14.2. The molecule has 1 aliphatic heterocycles. The van der Waals surface area contributed by atoms with Crippen molar-refractivity contribution in [2.24, 2.45) is 0 Å². The van der Waals surface area contributed by atoms with Crippen LogP contribution in [0.3, 0.4) is 0 Å². The average molecular weight is 265 g/mol. The number of benzene rings is 1. The van der Waals surface area contributed by atoms with Gasteiger partial charge in [-0.25, -0.2) is 4.39 Å². The summed E-state index contributed by atoms with van der Waals surface area (Å²) in [6.45, 7) is 4.62. The number of likely N-dealkylation sites (tertiary alicyclic amines) is 1. The monoisotopic (exact) mass is 265 g/mol. The first kappa shape index (κ1) is 13.8. The van der Waals surface area contributed by atoms with Gasteiger partial charge in [0, 0.05) is 12.6 Å². The predicted molar refractivity (Wildman–Crippen MR) is 71.5 cm³/mol. The predicted octanol–water partition coefficient (Wildman–Crippen LogP) is 2.99. The van der Waals surface area contributed by atoms with Crippen molar-refractivity contribution in [3.05, 3.63) is 30.1 Å². The van der Waals surface area contributed by atoms with Crippen LogP contribution in [-0.2, 0) is 4.79 Å². The molecule has 2 rings (SSSR count). The van der Waals surface area contributed by atoms with Gasteiger partial charge in [0.2, 0.25) is 0 Å². The third-order valence-electron chi connectivity index (χ3n) is 3.56. The standard InChI is InChI=1S/C15H20FNO2/c1-11-5-3-4-10-17(11)15(18)12(2)19-14-8-6-13(16)7-9-14/h6-9,11-12H,3-5,10H2,1-2H3/t11-,12-/m1/s1. The number of piperidine rings is 1. The first-order valence-corrected chi connectivity index (χ1v) is 6.80. The number of halogens is 1. The van der Waals surface area contributed by atoms with E-state index >= 15 is 0 Å². The van der Waals surface area contributed by atoms with Gasteiger partial charge >= 0.3 is 0 Å². The first-order valence-electron chi connectivity index (χ1n) is 6.80. The minimum Gasteiger partial charge on any atom is -0.481 e. The summed E-state index contributed by atoms with van der Waals surface area (Å²) in [5.74, 6) is 0.222. The summed E-state index contributed by atoms with van der Waals surface area (Å²) in [6.07, 6.45) is 2.75. The molecule has 1 fully saturated rings. The second-order valence-electron chi connectivity index (χ2n) is 5.09. The van der Waals surface area contributed by atoms with Gasteiger partial charge in [-0.1, -0.05) is 0 Å². The van der Waals surface area contributed by atoms with E-state index in [9.17, 15) is 9.18 Å². The summed E-state index contributed by atoms with van der Waals surface area (Å²) in [5, 5.41) is 0. The van der Waals surface area contributed by atoms with Crippen molar-refractivity contribution < 1.29 is 13.9 Å². The highest BCUT2D eigenvalue weighted by molar-refractivity contribution is 5.81. The van der Waals surface area contributed by atoms with Crippen LogP contribution in [0.25, 0.3) is 0 Å². The van der Waals surface area contributed by atoms with Gasteiger partial charge in [0.15, 0.2) is 6.10 Å². The molecule has 0 N–H and O–H groups in total. The van der Waals surface area contributed by atoms with E-state index in [-0.39, 0.29) is 17.8 Å². The molecule has 1 amide bonds. The molecule has 2 atom stereocenters. The normalized spacial score (nSPS) is 21.0. The third kappa shape index (κ3) is 3.46. The Hall–Kier alpha value is -1.58. The molecular formula is C15H20FNO2. The van der Waals surface area contributed by atoms with E-state index < -0.39 is 6.10 Å². The topological polar surface area (TPSA) is 29.5 Å². The molecule has 0 aromatic heterocycles. The molecule has 104 valence electrons. The van der Waals surface area contributed by atoms with Crippen LogP contribution in [0.15, 0.2) is 24.3 Å². The summed E-state index contributed by atoms with van der Waals surface area (Å²) in [6, 6.07) is 6.02. The Labute approximate surface area is 113 Å². The Bertz CT molecular complexity index is 432. The molecule has 0 spiro atoms. The van der Waals surface area contributed by atoms with Crippen LogP contribution in [-0.4, -0.2) is 29.5 Å². The lowest BCUT2D eigenvalue weighted by atomic mass is 10.0. The number of nitrogens with zero attached hydrogens (tertiary/aromatic N) is 1. The van der Waals surface area contributed by atoms with E-state index in [1.54, 1.807) is 19.1 Å². The first-order chi connectivity index (χ1) is 9.08. The molecule has 0 radical (unpaired) electrons. The average Bonchev–Trinajstić information content (AvgIpc) is 2.41. The Morgan fingerprint density at radius 2 is 2.05 bits per heavy atom. The number of carbonyl (C=O) groups excluding carboxylic acids is 1. The number of ether oxygens (including phenoxy) is 1. The maximum Gasteiger partial charge on any atom is 0.263 e. The maximum atomic E-state index is 12.8. The summed E-state index contributed by atoms with van der Waals surface area (Å²) >= 11 is 0. The minimum atomic E-state index is -0.536. The third-order valence-corrected chi connectivity index (χ3v) is 3.56. The zero-order valence-electron chi connectivity index (χ0n) is 11.4. The summed E-state index contributed by atoms with van der Waals surface area (Å²) in [5.41, 5.74) is 0. The van der Waals surface area contributed by atoms with E-state index in [1.165, 1.54) is 18.6 Å². The molecule has 1 aromatic carbocycles.